The number of fused-ring (bicyclic) bond motifs is 1. The normalized spacial score (nSPS) is 17.1. The van der Waals surface area contributed by atoms with Gasteiger partial charge in [0.1, 0.15) is 5.69 Å². The van der Waals surface area contributed by atoms with Crippen LogP contribution in [0.3, 0.4) is 0 Å². The lowest BCUT2D eigenvalue weighted by Crippen LogP contribution is -2.56. The number of halogens is 5. The SMILES string of the molecule is Cn1nc(-c2cc(C(F)(F)F)c(F)c(O)c2F)c2cnc(N3CCN(S(C)(=O)=O)[C@@H](Cc4ccccc4)C3)nc21. The topological polar surface area (TPSA) is 104 Å². The third kappa shape index (κ3) is 5.06. The molecule has 0 spiro atoms. The van der Waals surface area contributed by atoms with Gasteiger partial charge in [0.05, 0.1) is 17.2 Å². The molecule has 0 saturated carbocycles. The van der Waals surface area contributed by atoms with Crippen LogP contribution in [0.1, 0.15) is 11.1 Å². The number of hydrogen-bond donors (Lipinski definition) is 1. The van der Waals surface area contributed by atoms with E-state index in [9.17, 15) is 35.5 Å². The fourth-order valence-electron chi connectivity index (χ4n) is 4.89. The number of alkyl halides is 3. The Hall–Kier alpha value is -3.85. The summed E-state index contributed by atoms with van der Waals surface area (Å²) in [5.74, 6) is -5.28. The Morgan fingerprint density at radius 2 is 1.80 bits per heavy atom. The number of phenols is 1. The van der Waals surface area contributed by atoms with E-state index in [-0.39, 0.29) is 48.4 Å². The number of phenolic OH excluding ortho intramolecular Hbond substituents is 1. The molecule has 2 aromatic heterocycles. The Balaban J connectivity index is 1.52. The van der Waals surface area contributed by atoms with Gasteiger partial charge in [0, 0.05) is 44.5 Å². The van der Waals surface area contributed by atoms with Gasteiger partial charge in [0.25, 0.3) is 0 Å². The number of anilines is 1. The van der Waals surface area contributed by atoms with E-state index in [1.165, 1.54) is 22.2 Å². The van der Waals surface area contributed by atoms with Gasteiger partial charge in [-0.3, -0.25) is 0 Å². The molecule has 1 aliphatic heterocycles. The van der Waals surface area contributed by atoms with Crippen LogP contribution in [0.15, 0.2) is 42.6 Å². The van der Waals surface area contributed by atoms with Crippen molar-refractivity contribution in [3.8, 4) is 17.0 Å². The first-order chi connectivity index (χ1) is 18.8. The summed E-state index contributed by atoms with van der Waals surface area (Å²) in [6.07, 6.45) is -2.35. The highest BCUT2D eigenvalue weighted by atomic mass is 32.2. The Bertz CT molecular complexity index is 1700. The number of benzene rings is 2. The quantitative estimate of drug-likeness (QED) is 0.358. The molecule has 0 amide bonds. The average molecular weight is 583 g/mol. The van der Waals surface area contributed by atoms with E-state index in [4.69, 9.17) is 0 Å². The predicted molar refractivity (Wildman–Crippen MR) is 136 cm³/mol. The van der Waals surface area contributed by atoms with Crippen molar-refractivity contribution in [1.29, 1.82) is 0 Å². The molecule has 0 aliphatic carbocycles. The lowest BCUT2D eigenvalue weighted by atomic mass is 10.0. The van der Waals surface area contributed by atoms with E-state index in [2.05, 4.69) is 15.1 Å². The highest BCUT2D eigenvalue weighted by molar-refractivity contribution is 7.88. The molecule has 1 N–H and O–H groups in total. The fraction of sp³-hybridized carbons (Fsp3) is 0.320. The number of piperazine rings is 1. The smallest absolute Gasteiger partial charge is 0.419 e. The first-order valence-electron chi connectivity index (χ1n) is 12.0. The molecule has 40 heavy (non-hydrogen) atoms. The summed E-state index contributed by atoms with van der Waals surface area (Å²) >= 11 is 0. The van der Waals surface area contributed by atoms with Crippen molar-refractivity contribution in [3.05, 3.63) is 65.4 Å². The Morgan fingerprint density at radius 1 is 1.10 bits per heavy atom. The molecule has 3 heterocycles. The van der Waals surface area contributed by atoms with Crippen LogP contribution >= 0.6 is 0 Å². The molecule has 15 heteroatoms. The van der Waals surface area contributed by atoms with Crippen molar-refractivity contribution >= 4 is 27.0 Å². The number of rotatable bonds is 5. The fourth-order valence-corrected chi connectivity index (χ4v) is 5.99. The summed E-state index contributed by atoms with van der Waals surface area (Å²) in [5.41, 5.74) is -1.84. The zero-order valence-electron chi connectivity index (χ0n) is 21.2. The molecule has 0 unspecified atom stereocenters. The summed E-state index contributed by atoms with van der Waals surface area (Å²) < 4.78 is 96.3. The van der Waals surface area contributed by atoms with Crippen LogP contribution in [-0.2, 0) is 29.7 Å². The van der Waals surface area contributed by atoms with Crippen molar-refractivity contribution in [2.45, 2.75) is 18.6 Å². The van der Waals surface area contributed by atoms with Gasteiger partial charge in [-0.25, -0.2) is 26.9 Å². The maximum absolute atomic E-state index is 14.8. The second-order valence-electron chi connectivity index (χ2n) is 9.49. The molecule has 212 valence electrons. The summed E-state index contributed by atoms with van der Waals surface area (Å²) in [7, 11) is -2.07. The minimum atomic E-state index is -5.19. The van der Waals surface area contributed by atoms with E-state index in [1.807, 2.05) is 30.3 Å². The molecular weight excluding hydrogens is 559 g/mol. The van der Waals surface area contributed by atoms with Crippen LogP contribution in [0, 0.1) is 11.6 Å². The molecular formula is C25H23F5N6O3S. The maximum Gasteiger partial charge on any atom is 0.419 e. The predicted octanol–water partition coefficient (Wildman–Crippen LogP) is 3.73. The van der Waals surface area contributed by atoms with Crippen LogP contribution in [0.5, 0.6) is 5.75 Å². The van der Waals surface area contributed by atoms with Crippen LogP contribution in [0.25, 0.3) is 22.3 Å². The molecule has 2 aromatic carbocycles. The van der Waals surface area contributed by atoms with Crippen LogP contribution < -0.4 is 4.90 Å². The molecule has 4 aromatic rings. The largest absolute Gasteiger partial charge is 0.503 e. The van der Waals surface area contributed by atoms with Gasteiger partial charge in [-0.05, 0) is 18.1 Å². The number of hydrogen-bond acceptors (Lipinski definition) is 7. The number of aromatic nitrogens is 4. The molecule has 0 radical (unpaired) electrons. The van der Waals surface area contributed by atoms with Gasteiger partial charge in [0.15, 0.2) is 23.0 Å². The number of sulfonamides is 1. The van der Waals surface area contributed by atoms with Crippen LogP contribution in [0.2, 0.25) is 0 Å². The van der Waals surface area contributed by atoms with Crippen molar-refractivity contribution in [2.75, 3.05) is 30.8 Å². The highest BCUT2D eigenvalue weighted by Crippen LogP contribution is 2.41. The molecule has 1 aliphatic rings. The molecule has 1 atom stereocenters. The molecule has 1 saturated heterocycles. The molecule has 5 rings (SSSR count). The van der Waals surface area contributed by atoms with Gasteiger partial charge in [-0.2, -0.15) is 27.6 Å². The standard InChI is InChI=1S/C25H23F5N6O3S/c1-34-23-17(21(33-34)16-11-18(25(28,29)30)20(27)22(37)19(16)26)12-31-24(32-23)35-8-9-36(40(2,38)39)15(13-35)10-14-6-4-3-5-7-14/h3-7,11-12,15,37H,8-10,13H2,1-2H3/t15-/m0/s1. The van der Waals surface area contributed by atoms with Gasteiger partial charge in [-0.1, -0.05) is 30.3 Å². The number of nitrogens with zero attached hydrogens (tertiary/aromatic N) is 6. The van der Waals surface area contributed by atoms with E-state index in [0.717, 1.165) is 11.8 Å². The Labute approximate surface area is 225 Å². The van der Waals surface area contributed by atoms with Gasteiger partial charge in [0.2, 0.25) is 16.0 Å². The second kappa shape index (κ2) is 9.96. The molecule has 1 fully saturated rings. The Kier molecular flexibility index (Phi) is 6.90. The summed E-state index contributed by atoms with van der Waals surface area (Å²) in [5, 5.41) is 13.9. The molecule has 0 bridgehead atoms. The van der Waals surface area contributed by atoms with E-state index >= 15 is 0 Å². The van der Waals surface area contributed by atoms with E-state index in [0.29, 0.717) is 6.42 Å². The third-order valence-electron chi connectivity index (χ3n) is 6.76. The summed E-state index contributed by atoms with van der Waals surface area (Å²) in [6, 6.07) is 9.20. The highest BCUT2D eigenvalue weighted by Gasteiger charge is 2.38. The minimum absolute atomic E-state index is 0.0693. The first kappa shape index (κ1) is 27.7. The first-order valence-corrected chi connectivity index (χ1v) is 13.8. The number of aromatic hydroxyl groups is 1. The van der Waals surface area contributed by atoms with Crippen LogP contribution in [-0.4, -0.2) is 69.5 Å². The average Bonchev–Trinajstić information content (AvgIpc) is 3.22. The maximum atomic E-state index is 14.8. The van der Waals surface area contributed by atoms with Gasteiger partial charge in [-0.15, -0.1) is 0 Å². The van der Waals surface area contributed by atoms with E-state index < -0.39 is 50.8 Å². The zero-order valence-corrected chi connectivity index (χ0v) is 22.0. The number of aryl methyl sites for hydroxylation is 1. The third-order valence-corrected chi connectivity index (χ3v) is 8.09. The Morgan fingerprint density at radius 3 is 2.45 bits per heavy atom. The lowest BCUT2D eigenvalue weighted by molar-refractivity contribution is -0.140. The second-order valence-corrected chi connectivity index (χ2v) is 11.4. The van der Waals surface area contributed by atoms with Crippen LogP contribution in [0.4, 0.5) is 27.9 Å². The van der Waals surface area contributed by atoms with Crippen molar-refractivity contribution in [2.24, 2.45) is 7.05 Å². The van der Waals surface area contributed by atoms with Gasteiger partial charge < -0.3 is 10.0 Å². The zero-order chi connectivity index (χ0) is 29.0. The lowest BCUT2D eigenvalue weighted by Gasteiger charge is -2.40. The van der Waals surface area contributed by atoms with Crippen molar-refractivity contribution in [3.63, 3.8) is 0 Å². The van der Waals surface area contributed by atoms with E-state index in [1.54, 1.807) is 4.90 Å². The molecule has 9 nitrogen and oxygen atoms in total. The van der Waals surface area contributed by atoms with Crippen molar-refractivity contribution in [1.82, 2.24) is 24.1 Å². The summed E-state index contributed by atoms with van der Waals surface area (Å²) in [6.45, 7) is 0.701. The van der Waals surface area contributed by atoms with Gasteiger partial charge >= 0.3 is 6.18 Å². The monoisotopic (exact) mass is 582 g/mol. The minimum Gasteiger partial charge on any atom is -0.503 e. The van der Waals surface area contributed by atoms with Crippen molar-refractivity contribution < 1.29 is 35.5 Å². The summed E-state index contributed by atoms with van der Waals surface area (Å²) in [4.78, 5) is 10.6.